The second-order valence-corrected chi connectivity index (χ2v) is 4.99. The van der Waals surface area contributed by atoms with Gasteiger partial charge in [-0.25, -0.2) is 19.9 Å². The van der Waals surface area contributed by atoms with Crippen LogP contribution in [0.1, 0.15) is 30.3 Å². The lowest BCUT2D eigenvalue weighted by molar-refractivity contribution is 0.446. The highest BCUT2D eigenvalue weighted by Crippen LogP contribution is 2.22. The Hall–Kier alpha value is -2.08. The highest BCUT2D eigenvalue weighted by atomic mass is 15.1. The van der Waals surface area contributed by atoms with Crippen LogP contribution >= 0.6 is 0 Å². The predicted molar refractivity (Wildman–Crippen MR) is 76.9 cm³/mol. The Morgan fingerprint density at radius 1 is 1.25 bits per heavy atom. The van der Waals surface area contributed by atoms with Crippen LogP contribution < -0.4 is 10.6 Å². The van der Waals surface area contributed by atoms with E-state index in [0.717, 1.165) is 36.8 Å². The van der Waals surface area contributed by atoms with Crippen molar-refractivity contribution in [2.75, 3.05) is 18.4 Å². The SMILES string of the molecule is Cc1cc(Nc2ncccn2)nc([C@@H]2CCCNC2)n1. The number of anilines is 2. The Balaban J connectivity index is 1.82. The third-order valence-electron chi connectivity index (χ3n) is 3.34. The van der Waals surface area contributed by atoms with Crippen molar-refractivity contribution in [3.63, 3.8) is 0 Å². The Kier molecular flexibility index (Phi) is 3.83. The maximum absolute atomic E-state index is 4.61. The molecule has 1 atom stereocenters. The van der Waals surface area contributed by atoms with Crippen LogP contribution in [0.5, 0.6) is 0 Å². The van der Waals surface area contributed by atoms with Gasteiger partial charge in [-0.1, -0.05) is 0 Å². The minimum atomic E-state index is 0.390. The van der Waals surface area contributed by atoms with E-state index in [0.29, 0.717) is 11.9 Å². The highest BCUT2D eigenvalue weighted by molar-refractivity contribution is 5.47. The molecule has 1 saturated heterocycles. The number of nitrogens with zero attached hydrogens (tertiary/aromatic N) is 4. The number of hydrogen-bond donors (Lipinski definition) is 2. The van der Waals surface area contributed by atoms with E-state index >= 15 is 0 Å². The van der Waals surface area contributed by atoms with Crippen molar-refractivity contribution in [1.82, 2.24) is 25.3 Å². The number of rotatable bonds is 3. The van der Waals surface area contributed by atoms with Crippen LogP contribution in [0.2, 0.25) is 0 Å². The fourth-order valence-corrected chi connectivity index (χ4v) is 2.39. The minimum Gasteiger partial charge on any atom is -0.316 e. The quantitative estimate of drug-likeness (QED) is 0.885. The van der Waals surface area contributed by atoms with Crippen molar-refractivity contribution >= 4 is 11.8 Å². The Bertz CT molecular complexity index is 565. The average molecular weight is 270 g/mol. The number of nitrogens with one attached hydrogen (secondary N) is 2. The summed E-state index contributed by atoms with van der Waals surface area (Å²) in [5.74, 6) is 2.60. The van der Waals surface area contributed by atoms with Crippen LogP contribution in [0.4, 0.5) is 11.8 Å². The fourth-order valence-electron chi connectivity index (χ4n) is 2.39. The topological polar surface area (TPSA) is 75.6 Å². The zero-order valence-corrected chi connectivity index (χ0v) is 11.5. The maximum Gasteiger partial charge on any atom is 0.228 e. The van der Waals surface area contributed by atoms with Crippen molar-refractivity contribution < 1.29 is 0 Å². The van der Waals surface area contributed by atoms with Gasteiger partial charge in [0.05, 0.1) is 0 Å². The van der Waals surface area contributed by atoms with E-state index in [-0.39, 0.29) is 0 Å². The van der Waals surface area contributed by atoms with E-state index in [1.807, 2.05) is 13.0 Å². The minimum absolute atomic E-state index is 0.390. The molecule has 3 rings (SSSR count). The van der Waals surface area contributed by atoms with Crippen LogP contribution in [-0.4, -0.2) is 33.0 Å². The molecular formula is C14H18N6. The third kappa shape index (κ3) is 3.08. The summed E-state index contributed by atoms with van der Waals surface area (Å²) >= 11 is 0. The molecule has 3 heterocycles. The second-order valence-electron chi connectivity index (χ2n) is 4.99. The van der Waals surface area contributed by atoms with Crippen molar-refractivity contribution in [3.05, 3.63) is 36.0 Å². The van der Waals surface area contributed by atoms with Crippen molar-refractivity contribution in [2.24, 2.45) is 0 Å². The predicted octanol–water partition coefficient (Wildman–Crippen LogP) is 1.79. The summed E-state index contributed by atoms with van der Waals surface area (Å²) in [7, 11) is 0. The molecule has 1 aliphatic rings. The van der Waals surface area contributed by atoms with Crippen molar-refractivity contribution in [3.8, 4) is 0 Å². The largest absolute Gasteiger partial charge is 0.316 e. The van der Waals surface area contributed by atoms with Gasteiger partial charge in [0, 0.05) is 36.6 Å². The molecule has 2 aromatic rings. The van der Waals surface area contributed by atoms with E-state index < -0.39 is 0 Å². The first-order valence-electron chi connectivity index (χ1n) is 6.91. The molecule has 0 bridgehead atoms. The van der Waals surface area contributed by atoms with Gasteiger partial charge in [-0.15, -0.1) is 0 Å². The maximum atomic E-state index is 4.61. The van der Waals surface area contributed by atoms with Crippen LogP contribution in [0.25, 0.3) is 0 Å². The lowest BCUT2D eigenvalue weighted by atomic mass is 9.99. The average Bonchev–Trinajstić information content (AvgIpc) is 2.49. The third-order valence-corrected chi connectivity index (χ3v) is 3.34. The first-order valence-corrected chi connectivity index (χ1v) is 6.91. The number of hydrogen-bond acceptors (Lipinski definition) is 6. The molecule has 1 aliphatic heterocycles. The highest BCUT2D eigenvalue weighted by Gasteiger charge is 2.18. The summed E-state index contributed by atoms with van der Waals surface area (Å²) < 4.78 is 0. The summed E-state index contributed by atoms with van der Waals surface area (Å²) in [6.45, 7) is 4.02. The molecule has 0 unspecified atom stereocenters. The second kappa shape index (κ2) is 5.92. The fraction of sp³-hybridized carbons (Fsp3) is 0.429. The summed E-state index contributed by atoms with van der Waals surface area (Å²) in [6, 6.07) is 3.70. The summed E-state index contributed by atoms with van der Waals surface area (Å²) in [5.41, 5.74) is 0.957. The number of piperidine rings is 1. The molecule has 2 aromatic heterocycles. The van der Waals surface area contributed by atoms with Gasteiger partial charge >= 0.3 is 0 Å². The molecule has 6 nitrogen and oxygen atoms in total. The zero-order chi connectivity index (χ0) is 13.8. The van der Waals surface area contributed by atoms with Gasteiger partial charge in [-0.05, 0) is 32.4 Å². The molecule has 0 aromatic carbocycles. The van der Waals surface area contributed by atoms with E-state index in [9.17, 15) is 0 Å². The lowest BCUT2D eigenvalue weighted by Gasteiger charge is -2.22. The van der Waals surface area contributed by atoms with E-state index in [1.54, 1.807) is 18.5 Å². The van der Waals surface area contributed by atoms with Crippen LogP contribution in [-0.2, 0) is 0 Å². The lowest BCUT2D eigenvalue weighted by Crippen LogP contribution is -2.29. The molecule has 0 saturated carbocycles. The molecule has 20 heavy (non-hydrogen) atoms. The Morgan fingerprint density at radius 2 is 2.10 bits per heavy atom. The summed E-state index contributed by atoms with van der Waals surface area (Å²) in [6.07, 6.45) is 5.72. The van der Waals surface area contributed by atoms with Gasteiger partial charge in [-0.2, -0.15) is 0 Å². The van der Waals surface area contributed by atoms with E-state index in [1.165, 1.54) is 6.42 Å². The van der Waals surface area contributed by atoms with Crippen molar-refractivity contribution in [1.29, 1.82) is 0 Å². The van der Waals surface area contributed by atoms with Crippen LogP contribution in [0.15, 0.2) is 24.5 Å². The summed E-state index contributed by atoms with van der Waals surface area (Å²) in [5, 5.41) is 6.53. The molecule has 0 spiro atoms. The molecule has 6 heteroatoms. The molecule has 0 amide bonds. The normalized spacial score (nSPS) is 18.8. The molecule has 2 N–H and O–H groups in total. The van der Waals surface area contributed by atoms with E-state index in [2.05, 4.69) is 30.6 Å². The van der Waals surface area contributed by atoms with Crippen molar-refractivity contribution in [2.45, 2.75) is 25.7 Å². The molecular weight excluding hydrogens is 252 g/mol. The number of aromatic nitrogens is 4. The summed E-state index contributed by atoms with van der Waals surface area (Å²) in [4.78, 5) is 17.5. The van der Waals surface area contributed by atoms with Gasteiger partial charge in [0.25, 0.3) is 0 Å². The number of aryl methyl sites for hydroxylation is 1. The molecule has 104 valence electrons. The molecule has 0 radical (unpaired) electrons. The van der Waals surface area contributed by atoms with Gasteiger partial charge in [-0.3, -0.25) is 0 Å². The van der Waals surface area contributed by atoms with Gasteiger partial charge in [0.15, 0.2) is 0 Å². The van der Waals surface area contributed by atoms with Gasteiger partial charge < -0.3 is 10.6 Å². The smallest absolute Gasteiger partial charge is 0.228 e. The zero-order valence-electron chi connectivity index (χ0n) is 11.5. The Morgan fingerprint density at radius 3 is 2.85 bits per heavy atom. The van der Waals surface area contributed by atoms with Crippen LogP contribution in [0.3, 0.4) is 0 Å². The van der Waals surface area contributed by atoms with Gasteiger partial charge in [0.1, 0.15) is 11.6 Å². The van der Waals surface area contributed by atoms with Gasteiger partial charge in [0.2, 0.25) is 5.95 Å². The first kappa shape index (κ1) is 12.9. The first-order chi connectivity index (χ1) is 9.81. The standard InChI is InChI=1S/C14H18N6/c1-10-8-12(20-14-16-6-3-7-17-14)19-13(18-10)11-4-2-5-15-9-11/h3,6-8,11,15H,2,4-5,9H2,1H3,(H,16,17,18,19,20)/t11-/m1/s1. The molecule has 1 fully saturated rings. The monoisotopic (exact) mass is 270 g/mol. The molecule has 0 aliphatic carbocycles. The Labute approximate surface area is 118 Å². The van der Waals surface area contributed by atoms with Crippen LogP contribution in [0, 0.1) is 6.92 Å². The van der Waals surface area contributed by atoms with E-state index in [4.69, 9.17) is 0 Å².